The number of ether oxygens (including phenoxy) is 1. The molecule has 0 aromatic carbocycles. The first kappa shape index (κ1) is 31.4. The minimum absolute atomic E-state index is 0.0156. The molecule has 1 N–H and O–H groups in total. The van der Waals surface area contributed by atoms with Crippen LogP contribution in [-0.2, 0) is 9.53 Å². The maximum Gasteiger partial charge on any atom is 0.305 e. The molecule has 1 atom stereocenters. The van der Waals surface area contributed by atoms with Crippen molar-refractivity contribution in [2.24, 2.45) is 0 Å². The van der Waals surface area contributed by atoms with Crippen LogP contribution in [0, 0.1) is 0 Å². The minimum Gasteiger partial charge on any atom is -0.466 e. The number of rotatable bonds is 26. The number of carbonyl (C=O) groups excluding carboxylic acids is 1. The van der Waals surface area contributed by atoms with Gasteiger partial charge in [-0.1, -0.05) is 136 Å². The highest BCUT2D eigenvalue weighted by atomic mass is 16.5. The monoisotopic (exact) mass is 454 g/mol. The summed E-state index contributed by atoms with van der Waals surface area (Å²) >= 11 is 0. The number of hydrogen-bond acceptors (Lipinski definition) is 3. The van der Waals surface area contributed by atoms with Crippen molar-refractivity contribution in [1.82, 2.24) is 0 Å². The average molecular weight is 455 g/mol. The van der Waals surface area contributed by atoms with Crippen molar-refractivity contribution >= 4 is 5.97 Å². The molecule has 32 heavy (non-hydrogen) atoms. The Balaban J connectivity index is 3.24. The first-order chi connectivity index (χ1) is 15.7. The van der Waals surface area contributed by atoms with Crippen molar-refractivity contribution in [3.05, 3.63) is 0 Å². The van der Waals surface area contributed by atoms with E-state index in [0.29, 0.717) is 13.0 Å². The summed E-state index contributed by atoms with van der Waals surface area (Å²) in [4.78, 5) is 11.7. The number of aliphatic hydroxyl groups excluding tert-OH is 1. The van der Waals surface area contributed by atoms with Gasteiger partial charge in [0.2, 0.25) is 0 Å². The fourth-order valence-electron chi connectivity index (χ4n) is 4.33. The summed E-state index contributed by atoms with van der Waals surface area (Å²) in [5, 5.41) is 10.1. The van der Waals surface area contributed by atoms with Crippen LogP contribution in [0.2, 0.25) is 0 Å². The Labute approximate surface area is 201 Å². The van der Waals surface area contributed by atoms with Gasteiger partial charge in [-0.15, -0.1) is 0 Å². The molecule has 0 radical (unpaired) electrons. The van der Waals surface area contributed by atoms with Crippen LogP contribution in [0.1, 0.15) is 168 Å². The molecule has 0 amide bonds. The van der Waals surface area contributed by atoms with Crippen molar-refractivity contribution in [3.63, 3.8) is 0 Å². The van der Waals surface area contributed by atoms with Gasteiger partial charge >= 0.3 is 5.97 Å². The van der Waals surface area contributed by atoms with Crippen LogP contribution in [0.4, 0.5) is 0 Å². The Kier molecular flexibility index (Phi) is 26.2. The summed E-state index contributed by atoms with van der Waals surface area (Å²) in [6.45, 7) is 5.08. The van der Waals surface area contributed by atoms with E-state index in [-0.39, 0.29) is 12.1 Å². The predicted octanol–water partition coefficient (Wildman–Crippen LogP) is 9.29. The van der Waals surface area contributed by atoms with Gasteiger partial charge in [0.1, 0.15) is 0 Å². The van der Waals surface area contributed by atoms with E-state index in [1.807, 2.05) is 0 Å². The van der Waals surface area contributed by atoms with Crippen molar-refractivity contribution in [3.8, 4) is 0 Å². The molecular weight excluding hydrogens is 396 g/mol. The molecule has 0 fully saturated rings. The third-order valence-electron chi connectivity index (χ3n) is 6.57. The van der Waals surface area contributed by atoms with Gasteiger partial charge in [-0.05, 0) is 25.7 Å². The molecular formula is C29H58O3. The normalized spacial score (nSPS) is 12.2. The second-order valence-corrected chi connectivity index (χ2v) is 9.92. The number of hydrogen-bond donors (Lipinski definition) is 1. The van der Waals surface area contributed by atoms with E-state index in [0.717, 1.165) is 44.9 Å². The summed E-state index contributed by atoms with van der Waals surface area (Å²) in [6.07, 6.45) is 28.7. The molecule has 0 saturated heterocycles. The summed E-state index contributed by atoms with van der Waals surface area (Å²) in [7, 11) is 0. The Morgan fingerprint density at radius 2 is 0.938 bits per heavy atom. The van der Waals surface area contributed by atoms with Crippen LogP contribution in [0.5, 0.6) is 0 Å². The molecule has 0 aliphatic heterocycles. The fourth-order valence-corrected chi connectivity index (χ4v) is 4.33. The first-order valence-electron chi connectivity index (χ1n) is 14.5. The van der Waals surface area contributed by atoms with Crippen LogP contribution in [0.3, 0.4) is 0 Å². The molecule has 0 aliphatic carbocycles. The van der Waals surface area contributed by atoms with Gasteiger partial charge < -0.3 is 9.84 Å². The lowest BCUT2D eigenvalue weighted by Crippen LogP contribution is -2.06. The van der Waals surface area contributed by atoms with Gasteiger partial charge in [-0.25, -0.2) is 0 Å². The Morgan fingerprint density at radius 3 is 1.41 bits per heavy atom. The van der Waals surface area contributed by atoms with Gasteiger partial charge in [0.25, 0.3) is 0 Å². The van der Waals surface area contributed by atoms with E-state index >= 15 is 0 Å². The zero-order chi connectivity index (χ0) is 23.5. The van der Waals surface area contributed by atoms with Crippen molar-refractivity contribution in [1.29, 1.82) is 0 Å². The number of esters is 1. The van der Waals surface area contributed by atoms with Crippen LogP contribution in [0.25, 0.3) is 0 Å². The summed E-state index contributed by atoms with van der Waals surface area (Å²) in [6, 6.07) is 0. The zero-order valence-corrected chi connectivity index (χ0v) is 22.0. The molecule has 0 aromatic heterocycles. The van der Waals surface area contributed by atoms with E-state index in [2.05, 4.69) is 13.8 Å². The average Bonchev–Trinajstić information content (AvgIpc) is 2.79. The number of carbonyl (C=O) groups is 1. The molecule has 3 nitrogen and oxygen atoms in total. The Morgan fingerprint density at radius 1 is 0.562 bits per heavy atom. The topological polar surface area (TPSA) is 46.5 Å². The Hall–Kier alpha value is -0.570. The zero-order valence-electron chi connectivity index (χ0n) is 22.0. The molecule has 0 bridgehead atoms. The van der Waals surface area contributed by atoms with E-state index in [1.165, 1.54) is 103 Å². The minimum atomic E-state index is -0.104. The van der Waals surface area contributed by atoms with E-state index in [1.54, 1.807) is 0 Å². The lowest BCUT2D eigenvalue weighted by atomic mass is 10.0. The quantitative estimate of drug-likeness (QED) is 0.105. The van der Waals surface area contributed by atoms with Crippen molar-refractivity contribution in [2.45, 2.75) is 174 Å². The molecule has 0 saturated carbocycles. The van der Waals surface area contributed by atoms with Gasteiger partial charge in [-0.3, -0.25) is 4.79 Å². The van der Waals surface area contributed by atoms with Gasteiger partial charge in [0, 0.05) is 6.42 Å². The lowest BCUT2D eigenvalue weighted by Gasteiger charge is -2.10. The van der Waals surface area contributed by atoms with Crippen molar-refractivity contribution in [2.75, 3.05) is 6.61 Å². The molecule has 192 valence electrons. The molecule has 0 rings (SSSR count). The maximum atomic E-state index is 11.7. The van der Waals surface area contributed by atoms with Crippen molar-refractivity contribution < 1.29 is 14.6 Å². The second kappa shape index (κ2) is 26.7. The van der Waals surface area contributed by atoms with E-state index in [4.69, 9.17) is 4.74 Å². The highest BCUT2D eigenvalue weighted by molar-refractivity contribution is 5.69. The largest absolute Gasteiger partial charge is 0.466 e. The van der Waals surface area contributed by atoms with E-state index in [9.17, 15) is 9.90 Å². The molecule has 0 unspecified atom stereocenters. The highest BCUT2D eigenvalue weighted by Crippen LogP contribution is 2.15. The molecule has 0 spiro atoms. The number of aliphatic hydroxyl groups is 1. The van der Waals surface area contributed by atoms with Crippen LogP contribution < -0.4 is 0 Å². The summed E-state index contributed by atoms with van der Waals surface area (Å²) < 4.78 is 5.35. The lowest BCUT2D eigenvalue weighted by molar-refractivity contribution is -0.143. The van der Waals surface area contributed by atoms with E-state index < -0.39 is 0 Å². The molecule has 0 aromatic rings. The van der Waals surface area contributed by atoms with Crippen LogP contribution in [-0.4, -0.2) is 23.8 Å². The molecule has 0 heterocycles. The van der Waals surface area contributed by atoms with Gasteiger partial charge in [-0.2, -0.15) is 0 Å². The molecule has 0 aliphatic rings. The standard InChI is InChI=1S/C29H58O3/c1-3-5-7-9-11-12-14-16-20-24-28(30)25-21-17-15-19-23-27-32-29(31)26-22-18-13-10-8-6-4-2/h28,30H,3-27H2,1-2H3/t28-/m1/s1. The highest BCUT2D eigenvalue weighted by Gasteiger charge is 2.05. The van der Waals surface area contributed by atoms with Gasteiger partial charge in [0.15, 0.2) is 0 Å². The predicted molar refractivity (Wildman–Crippen MR) is 139 cm³/mol. The maximum absolute atomic E-state index is 11.7. The molecule has 3 heteroatoms. The number of unbranched alkanes of at least 4 members (excludes halogenated alkanes) is 18. The van der Waals surface area contributed by atoms with Gasteiger partial charge in [0.05, 0.1) is 12.7 Å². The third-order valence-corrected chi connectivity index (χ3v) is 6.57. The van der Waals surface area contributed by atoms with Crippen LogP contribution in [0.15, 0.2) is 0 Å². The Bertz CT molecular complexity index is 369. The second-order valence-electron chi connectivity index (χ2n) is 9.92. The third kappa shape index (κ3) is 25.7. The smallest absolute Gasteiger partial charge is 0.305 e. The van der Waals surface area contributed by atoms with Crippen LogP contribution >= 0.6 is 0 Å². The fraction of sp³-hybridized carbons (Fsp3) is 0.966. The SMILES string of the molecule is CCCCCCCCCCC[C@@H](O)CCCCCCCOC(=O)CCCCCCCCC. The first-order valence-corrected chi connectivity index (χ1v) is 14.5. The summed E-state index contributed by atoms with van der Waals surface area (Å²) in [5.41, 5.74) is 0. The summed E-state index contributed by atoms with van der Waals surface area (Å²) in [5.74, 6) is -0.0156.